The average Bonchev–Trinajstić information content (AvgIpc) is 2.75. The first-order valence-electron chi connectivity index (χ1n) is 12.2. The Kier molecular flexibility index (Phi) is 11.4. The molecule has 0 fully saturated rings. The highest BCUT2D eigenvalue weighted by Gasteiger charge is 2.16. The van der Waals surface area contributed by atoms with Crippen LogP contribution in [0.25, 0.3) is 5.57 Å². The standard InChI is InChI=1S/C27H44O/c1-4-7-8-9-10-11-22-28-27-20-18-26(19-21-27)25-16-14-24(15-17-25)13-12-23(5-2)6-3/h16,18-21,23-24H,4-15,17,22H2,1-3H3. The van der Waals surface area contributed by atoms with Gasteiger partial charge in [0, 0.05) is 0 Å². The van der Waals surface area contributed by atoms with Gasteiger partial charge in [0.25, 0.3) is 0 Å². The summed E-state index contributed by atoms with van der Waals surface area (Å²) < 4.78 is 5.93. The van der Waals surface area contributed by atoms with E-state index < -0.39 is 0 Å². The van der Waals surface area contributed by atoms with Gasteiger partial charge in [-0.25, -0.2) is 0 Å². The van der Waals surface area contributed by atoms with Crippen LogP contribution in [0.5, 0.6) is 5.75 Å². The first-order valence-corrected chi connectivity index (χ1v) is 12.2. The second kappa shape index (κ2) is 13.9. The van der Waals surface area contributed by atoms with Gasteiger partial charge in [0.1, 0.15) is 5.75 Å². The molecule has 0 spiro atoms. The predicted molar refractivity (Wildman–Crippen MR) is 124 cm³/mol. The molecule has 0 amide bonds. The van der Waals surface area contributed by atoms with Gasteiger partial charge in [-0.3, -0.25) is 0 Å². The number of hydrogen-bond donors (Lipinski definition) is 0. The van der Waals surface area contributed by atoms with Crippen LogP contribution in [-0.2, 0) is 0 Å². The number of benzene rings is 1. The molecule has 0 saturated carbocycles. The van der Waals surface area contributed by atoms with Gasteiger partial charge in [0.2, 0.25) is 0 Å². The Labute approximate surface area is 175 Å². The van der Waals surface area contributed by atoms with E-state index in [2.05, 4.69) is 51.1 Å². The summed E-state index contributed by atoms with van der Waals surface area (Å²) in [5.74, 6) is 2.87. The van der Waals surface area contributed by atoms with Crippen LogP contribution in [0.4, 0.5) is 0 Å². The third-order valence-electron chi connectivity index (χ3n) is 6.65. The van der Waals surface area contributed by atoms with Crippen molar-refractivity contribution in [2.45, 2.75) is 104 Å². The van der Waals surface area contributed by atoms with Gasteiger partial charge in [-0.1, -0.05) is 90.3 Å². The molecule has 0 saturated heterocycles. The number of allylic oxidation sites excluding steroid dienone is 2. The lowest BCUT2D eigenvalue weighted by molar-refractivity contribution is 0.304. The zero-order valence-corrected chi connectivity index (χ0v) is 18.8. The van der Waals surface area contributed by atoms with Crippen molar-refractivity contribution < 1.29 is 4.74 Å². The summed E-state index contributed by atoms with van der Waals surface area (Å²) in [5.41, 5.74) is 2.94. The van der Waals surface area contributed by atoms with Crippen LogP contribution in [0.1, 0.15) is 110 Å². The molecular formula is C27H44O. The van der Waals surface area contributed by atoms with E-state index >= 15 is 0 Å². The fraction of sp³-hybridized carbons (Fsp3) is 0.704. The number of ether oxygens (including phenoxy) is 1. The number of hydrogen-bond acceptors (Lipinski definition) is 1. The van der Waals surface area contributed by atoms with Crippen molar-refractivity contribution in [1.82, 2.24) is 0 Å². The fourth-order valence-electron chi connectivity index (χ4n) is 4.42. The molecule has 1 aliphatic carbocycles. The summed E-state index contributed by atoms with van der Waals surface area (Å²) in [4.78, 5) is 0. The van der Waals surface area contributed by atoms with Crippen molar-refractivity contribution in [2.75, 3.05) is 6.61 Å². The van der Waals surface area contributed by atoms with Crippen LogP contribution in [0.3, 0.4) is 0 Å². The van der Waals surface area contributed by atoms with Gasteiger partial charge in [0.05, 0.1) is 6.61 Å². The number of unbranched alkanes of at least 4 members (excludes halogenated alkanes) is 5. The van der Waals surface area contributed by atoms with Crippen LogP contribution in [0.2, 0.25) is 0 Å². The molecule has 158 valence electrons. The quantitative estimate of drug-likeness (QED) is 0.291. The molecular weight excluding hydrogens is 340 g/mol. The second-order valence-corrected chi connectivity index (χ2v) is 8.77. The lowest BCUT2D eigenvalue weighted by Crippen LogP contribution is -2.08. The topological polar surface area (TPSA) is 9.23 Å². The molecule has 0 heterocycles. The lowest BCUT2D eigenvalue weighted by atomic mass is 9.82. The zero-order chi connectivity index (χ0) is 20.0. The van der Waals surface area contributed by atoms with Gasteiger partial charge >= 0.3 is 0 Å². The summed E-state index contributed by atoms with van der Waals surface area (Å²) in [5, 5.41) is 0. The van der Waals surface area contributed by atoms with Gasteiger partial charge < -0.3 is 4.74 Å². The van der Waals surface area contributed by atoms with Crippen molar-refractivity contribution in [3.63, 3.8) is 0 Å². The molecule has 0 aliphatic heterocycles. The van der Waals surface area contributed by atoms with Crippen LogP contribution in [-0.4, -0.2) is 6.61 Å². The highest BCUT2D eigenvalue weighted by atomic mass is 16.5. The van der Waals surface area contributed by atoms with Crippen molar-refractivity contribution in [3.8, 4) is 5.75 Å². The van der Waals surface area contributed by atoms with Crippen LogP contribution in [0, 0.1) is 11.8 Å². The van der Waals surface area contributed by atoms with Gasteiger partial charge in [0.15, 0.2) is 0 Å². The molecule has 0 N–H and O–H groups in total. The third kappa shape index (κ3) is 8.41. The smallest absolute Gasteiger partial charge is 0.119 e. The van der Waals surface area contributed by atoms with E-state index in [-0.39, 0.29) is 0 Å². The predicted octanol–water partition coefficient (Wildman–Crippen LogP) is 8.83. The maximum Gasteiger partial charge on any atom is 0.119 e. The minimum atomic E-state index is 0.854. The van der Waals surface area contributed by atoms with Crippen LogP contribution in [0.15, 0.2) is 30.3 Å². The molecule has 1 aromatic carbocycles. The van der Waals surface area contributed by atoms with Gasteiger partial charge in [-0.2, -0.15) is 0 Å². The zero-order valence-electron chi connectivity index (χ0n) is 18.8. The SMILES string of the molecule is CCCCCCCCOc1ccc(C2=CCC(CCC(CC)CC)CC2)cc1. The third-order valence-corrected chi connectivity index (χ3v) is 6.65. The number of rotatable bonds is 14. The fourth-order valence-corrected chi connectivity index (χ4v) is 4.42. The van der Waals surface area contributed by atoms with Gasteiger partial charge in [-0.15, -0.1) is 0 Å². The van der Waals surface area contributed by atoms with Crippen molar-refractivity contribution >= 4 is 5.57 Å². The second-order valence-electron chi connectivity index (χ2n) is 8.77. The van der Waals surface area contributed by atoms with E-state index in [0.29, 0.717) is 0 Å². The Bertz CT molecular complexity index is 538. The molecule has 1 aliphatic rings. The lowest BCUT2D eigenvalue weighted by Gasteiger charge is -2.24. The monoisotopic (exact) mass is 384 g/mol. The normalized spacial score (nSPS) is 17.0. The van der Waals surface area contributed by atoms with E-state index in [1.807, 2.05) is 0 Å². The highest BCUT2D eigenvalue weighted by molar-refractivity contribution is 5.66. The molecule has 0 aromatic heterocycles. The molecule has 1 aromatic rings. The van der Waals surface area contributed by atoms with Gasteiger partial charge in [-0.05, 0) is 67.2 Å². The Morgan fingerprint density at radius 1 is 0.929 bits per heavy atom. The van der Waals surface area contributed by atoms with Crippen LogP contribution < -0.4 is 4.74 Å². The Hall–Kier alpha value is -1.24. The van der Waals surface area contributed by atoms with Crippen LogP contribution >= 0.6 is 0 Å². The summed E-state index contributed by atoms with van der Waals surface area (Å²) >= 11 is 0. The van der Waals surface area contributed by atoms with E-state index in [4.69, 9.17) is 4.74 Å². The first kappa shape index (κ1) is 23.0. The molecule has 28 heavy (non-hydrogen) atoms. The van der Waals surface area contributed by atoms with Crippen molar-refractivity contribution in [2.24, 2.45) is 11.8 Å². The average molecular weight is 385 g/mol. The van der Waals surface area contributed by atoms with E-state index in [1.165, 1.54) is 89.0 Å². The molecule has 1 heteroatoms. The Morgan fingerprint density at radius 3 is 2.29 bits per heavy atom. The summed E-state index contributed by atoms with van der Waals surface area (Å²) in [6.45, 7) is 7.80. The maximum atomic E-state index is 5.93. The summed E-state index contributed by atoms with van der Waals surface area (Å²) in [6.07, 6.45) is 19.8. The molecule has 1 atom stereocenters. The van der Waals surface area contributed by atoms with E-state index in [0.717, 1.165) is 24.2 Å². The van der Waals surface area contributed by atoms with Crippen molar-refractivity contribution in [3.05, 3.63) is 35.9 Å². The van der Waals surface area contributed by atoms with Crippen molar-refractivity contribution in [1.29, 1.82) is 0 Å². The molecule has 2 rings (SSSR count). The summed E-state index contributed by atoms with van der Waals surface area (Å²) in [6, 6.07) is 8.83. The van der Waals surface area contributed by atoms with E-state index in [9.17, 15) is 0 Å². The maximum absolute atomic E-state index is 5.93. The molecule has 1 unspecified atom stereocenters. The molecule has 0 radical (unpaired) electrons. The minimum absolute atomic E-state index is 0.854. The summed E-state index contributed by atoms with van der Waals surface area (Å²) in [7, 11) is 0. The van der Waals surface area contributed by atoms with E-state index in [1.54, 1.807) is 5.57 Å². The largest absolute Gasteiger partial charge is 0.494 e. The Morgan fingerprint density at radius 2 is 1.64 bits per heavy atom. The highest BCUT2D eigenvalue weighted by Crippen LogP contribution is 2.34. The molecule has 0 bridgehead atoms. The minimum Gasteiger partial charge on any atom is -0.494 e. The Balaban J connectivity index is 1.68. The first-order chi connectivity index (χ1) is 13.8. The molecule has 1 nitrogen and oxygen atoms in total.